The van der Waals surface area contributed by atoms with Crippen molar-refractivity contribution in [1.29, 1.82) is 0 Å². The van der Waals surface area contributed by atoms with Crippen LogP contribution in [-0.4, -0.2) is 56.1 Å². The first-order chi connectivity index (χ1) is 10.4. The van der Waals surface area contributed by atoms with Crippen LogP contribution in [0, 0.1) is 0 Å². The Labute approximate surface area is 127 Å². The lowest BCUT2D eigenvalue weighted by Gasteiger charge is -2.35. The number of rotatable bonds is 5. The molecule has 7 heteroatoms. The largest absolute Gasteiger partial charge is 0.416 e. The van der Waals surface area contributed by atoms with Crippen LogP contribution in [0.2, 0.25) is 0 Å². The molecule has 2 atom stereocenters. The molecular weight excluding hydrogens is 299 g/mol. The first-order valence-electron chi connectivity index (χ1n) is 7.09. The summed E-state index contributed by atoms with van der Waals surface area (Å²) in [5.41, 5.74) is -0.528. The maximum Gasteiger partial charge on any atom is 0.416 e. The van der Waals surface area contributed by atoms with Crippen LogP contribution in [0.15, 0.2) is 24.3 Å². The van der Waals surface area contributed by atoms with Gasteiger partial charge in [-0.25, -0.2) is 0 Å². The molecule has 1 aromatic carbocycles. The van der Waals surface area contributed by atoms with Gasteiger partial charge in [-0.05, 0) is 11.6 Å². The third kappa shape index (κ3) is 4.42. The SMILES string of the molecule is COC[C@H](O)CN1CCO[C@H](c2ccccc2C(F)(F)F)C1. The Morgan fingerprint density at radius 1 is 1.41 bits per heavy atom. The lowest BCUT2D eigenvalue weighted by atomic mass is 10.0. The Hall–Kier alpha value is -1.15. The zero-order valence-corrected chi connectivity index (χ0v) is 12.3. The van der Waals surface area contributed by atoms with Crippen LogP contribution in [0.4, 0.5) is 13.2 Å². The van der Waals surface area contributed by atoms with Gasteiger partial charge in [-0.15, -0.1) is 0 Å². The minimum atomic E-state index is -4.40. The topological polar surface area (TPSA) is 41.9 Å². The van der Waals surface area contributed by atoms with Crippen molar-refractivity contribution in [1.82, 2.24) is 4.90 Å². The van der Waals surface area contributed by atoms with E-state index in [0.29, 0.717) is 26.2 Å². The van der Waals surface area contributed by atoms with Crippen LogP contribution >= 0.6 is 0 Å². The number of aliphatic hydroxyl groups excluding tert-OH is 1. The van der Waals surface area contributed by atoms with Gasteiger partial charge in [0.2, 0.25) is 0 Å². The molecule has 22 heavy (non-hydrogen) atoms. The summed E-state index contributed by atoms with van der Waals surface area (Å²) < 4.78 is 49.6. The van der Waals surface area contributed by atoms with Crippen molar-refractivity contribution in [2.45, 2.75) is 18.4 Å². The number of β-amino-alcohol motifs (C(OH)–C–C–N with tert-alkyl or cyclic N) is 1. The average molecular weight is 319 g/mol. The predicted molar refractivity (Wildman–Crippen MR) is 74.5 cm³/mol. The van der Waals surface area contributed by atoms with E-state index in [4.69, 9.17) is 9.47 Å². The highest BCUT2D eigenvalue weighted by atomic mass is 19.4. The van der Waals surface area contributed by atoms with Crippen LogP contribution in [0.1, 0.15) is 17.2 Å². The second kappa shape index (κ2) is 7.41. The molecule has 1 fully saturated rings. The molecule has 1 aliphatic rings. The molecule has 0 unspecified atom stereocenters. The molecule has 4 nitrogen and oxygen atoms in total. The average Bonchev–Trinajstić information content (AvgIpc) is 2.47. The molecule has 0 amide bonds. The Balaban J connectivity index is 2.10. The maximum atomic E-state index is 13.1. The fraction of sp³-hybridized carbons (Fsp3) is 0.600. The lowest BCUT2D eigenvalue weighted by molar-refractivity contribution is -0.140. The summed E-state index contributed by atoms with van der Waals surface area (Å²) in [6, 6.07) is 5.46. The van der Waals surface area contributed by atoms with Crippen molar-refractivity contribution in [2.75, 3.05) is 40.0 Å². The minimum absolute atomic E-state index is 0.140. The Bertz CT molecular complexity index is 481. The number of hydrogen-bond donors (Lipinski definition) is 1. The molecule has 2 rings (SSSR count). The van der Waals surface area contributed by atoms with Crippen LogP contribution in [-0.2, 0) is 15.7 Å². The number of methoxy groups -OCH3 is 1. The Morgan fingerprint density at radius 3 is 2.82 bits per heavy atom. The van der Waals surface area contributed by atoms with Crippen LogP contribution in [0.3, 0.4) is 0 Å². The van der Waals surface area contributed by atoms with E-state index in [2.05, 4.69) is 0 Å². The number of benzene rings is 1. The van der Waals surface area contributed by atoms with Gasteiger partial charge in [-0.1, -0.05) is 18.2 Å². The first kappa shape index (κ1) is 17.2. The molecule has 1 aromatic rings. The highest BCUT2D eigenvalue weighted by Gasteiger charge is 2.36. The fourth-order valence-corrected chi connectivity index (χ4v) is 2.64. The molecule has 0 saturated carbocycles. The minimum Gasteiger partial charge on any atom is -0.389 e. The second-order valence-electron chi connectivity index (χ2n) is 5.31. The highest BCUT2D eigenvalue weighted by Crippen LogP contribution is 2.36. The normalized spacial score (nSPS) is 21.8. The molecule has 0 spiro atoms. The van der Waals surface area contributed by atoms with Crippen molar-refractivity contribution < 1.29 is 27.8 Å². The number of alkyl halides is 3. The van der Waals surface area contributed by atoms with Gasteiger partial charge in [0.15, 0.2) is 0 Å². The van der Waals surface area contributed by atoms with Crippen molar-refractivity contribution in [3.05, 3.63) is 35.4 Å². The van der Waals surface area contributed by atoms with Gasteiger partial charge in [0.25, 0.3) is 0 Å². The summed E-state index contributed by atoms with van der Waals surface area (Å²) >= 11 is 0. The van der Waals surface area contributed by atoms with Crippen molar-refractivity contribution >= 4 is 0 Å². The van der Waals surface area contributed by atoms with Crippen molar-refractivity contribution in [3.63, 3.8) is 0 Å². The monoisotopic (exact) mass is 319 g/mol. The van der Waals surface area contributed by atoms with Crippen molar-refractivity contribution in [2.24, 2.45) is 0 Å². The van der Waals surface area contributed by atoms with Crippen molar-refractivity contribution in [3.8, 4) is 0 Å². The number of morpholine rings is 1. The highest BCUT2D eigenvalue weighted by molar-refractivity contribution is 5.32. The summed E-state index contributed by atoms with van der Waals surface area (Å²) in [6.07, 6.45) is -5.72. The summed E-state index contributed by atoms with van der Waals surface area (Å²) in [4.78, 5) is 1.89. The molecule has 0 aliphatic carbocycles. The maximum absolute atomic E-state index is 13.1. The lowest BCUT2D eigenvalue weighted by Crippen LogP contribution is -2.43. The van der Waals surface area contributed by atoms with E-state index < -0.39 is 23.9 Å². The number of nitrogens with zero attached hydrogens (tertiary/aromatic N) is 1. The second-order valence-corrected chi connectivity index (χ2v) is 5.31. The van der Waals surface area contributed by atoms with Gasteiger partial charge in [0.05, 0.1) is 31.0 Å². The van der Waals surface area contributed by atoms with E-state index in [-0.39, 0.29) is 12.2 Å². The molecule has 1 aliphatic heterocycles. The summed E-state index contributed by atoms with van der Waals surface area (Å²) in [5.74, 6) is 0. The molecular formula is C15H20F3NO3. The van der Waals surface area contributed by atoms with E-state index in [1.807, 2.05) is 4.90 Å². The Kier molecular flexibility index (Phi) is 5.80. The molecule has 1 N–H and O–H groups in total. The zero-order chi connectivity index (χ0) is 16.2. The predicted octanol–water partition coefficient (Wildman–Crippen LogP) is 2.09. The summed E-state index contributed by atoms with van der Waals surface area (Å²) in [5, 5.41) is 9.75. The summed E-state index contributed by atoms with van der Waals surface area (Å²) in [7, 11) is 1.49. The van der Waals surface area contributed by atoms with Crippen LogP contribution in [0.5, 0.6) is 0 Å². The van der Waals surface area contributed by atoms with E-state index in [0.717, 1.165) is 6.07 Å². The smallest absolute Gasteiger partial charge is 0.389 e. The third-order valence-corrected chi connectivity index (χ3v) is 3.59. The third-order valence-electron chi connectivity index (χ3n) is 3.59. The van der Waals surface area contributed by atoms with Gasteiger partial charge in [-0.2, -0.15) is 13.2 Å². The van der Waals surface area contributed by atoms with Gasteiger partial charge in [0, 0.05) is 26.7 Å². The molecule has 0 bridgehead atoms. The molecule has 0 aromatic heterocycles. The Morgan fingerprint density at radius 2 is 2.14 bits per heavy atom. The standard InChI is InChI=1S/C15H20F3NO3/c1-21-10-11(20)8-19-6-7-22-14(9-19)12-4-2-3-5-13(12)15(16,17)18/h2-5,11,14,20H,6-10H2,1H3/t11-,14+/m1/s1. The van der Waals surface area contributed by atoms with E-state index in [1.54, 1.807) is 6.07 Å². The van der Waals surface area contributed by atoms with E-state index >= 15 is 0 Å². The number of ether oxygens (including phenoxy) is 2. The number of halogens is 3. The molecule has 124 valence electrons. The van der Waals surface area contributed by atoms with Gasteiger partial charge < -0.3 is 14.6 Å². The quantitative estimate of drug-likeness (QED) is 0.902. The van der Waals surface area contributed by atoms with Gasteiger partial charge in [0.1, 0.15) is 0 Å². The van der Waals surface area contributed by atoms with Crippen LogP contribution < -0.4 is 0 Å². The van der Waals surface area contributed by atoms with E-state index in [1.165, 1.54) is 19.2 Å². The molecule has 1 saturated heterocycles. The molecule has 1 heterocycles. The summed E-state index contributed by atoms with van der Waals surface area (Å²) in [6.45, 7) is 1.76. The zero-order valence-electron chi connectivity index (χ0n) is 12.3. The van der Waals surface area contributed by atoms with Gasteiger partial charge in [-0.3, -0.25) is 4.90 Å². The number of hydrogen-bond acceptors (Lipinski definition) is 4. The fourth-order valence-electron chi connectivity index (χ4n) is 2.64. The number of aliphatic hydroxyl groups is 1. The molecule has 0 radical (unpaired) electrons. The van der Waals surface area contributed by atoms with Crippen LogP contribution in [0.25, 0.3) is 0 Å². The first-order valence-corrected chi connectivity index (χ1v) is 7.09. The van der Waals surface area contributed by atoms with E-state index in [9.17, 15) is 18.3 Å². The van der Waals surface area contributed by atoms with Gasteiger partial charge >= 0.3 is 6.18 Å².